The van der Waals surface area contributed by atoms with Crippen molar-refractivity contribution in [2.75, 3.05) is 6.54 Å². The van der Waals surface area contributed by atoms with Gasteiger partial charge in [0.05, 0.1) is 18.0 Å². The van der Waals surface area contributed by atoms with Crippen LogP contribution in [0.2, 0.25) is 5.28 Å². The van der Waals surface area contributed by atoms with Crippen molar-refractivity contribution in [2.45, 2.75) is 76.1 Å². The summed E-state index contributed by atoms with van der Waals surface area (Å²) in [5, 5.41) is 22.9. The number of amides is 1. The molecule has 1 aromatic carbocycles. The van der Waals surface area contributed by atoms with Crippen molar-refractivity contribution < 1.29 is 33.0 Å². The van der Waals surface area contributed by atoms with Gasteiger partial charge in [0.1, 0.15) is 17.0 Å². The number of halogens is 4. The highest BCUT2D eigenvalue weighted by Gasteiger charge is 2.31. The molecule has 0 radical (unpaired) electrons. The minimum absolute atomic E-state index is 0.0115. The van der Waals surface area contributed by atoms with E-state index in [1.54, 1.807) is 0 Å². The smallest absolute Gasteiger partial charge is 0.416 e. The van der Waals surface area contributed by atoms with Crippen molar-refractivity contribution in [3.8, 4) is 11.8 Å². The summed E-state index contributed by atoms with van der Waals surface area (Å²) in [4.78, 5) is 28.9. The average Bonchev–Trinajstić information content (AvgIpc) is 3.21. The number of alkyl halides is 3. The first-order valence-corrected chi connectivity index (χ1v) is 13.5. The number of carbonyl (C=O) groups excluding carboxylic acids is 1. The van der Waals surface area contributed by atoms with Gasteiger partial charge in [0.25, 0.3) is 5.91 Å². The number of nitrogens with one attached hydrogen (secondary N) is 1. The van der Waals surface area contributed by atoms with Gasteiger partial charge >= 0.3 is 12.1 Å². The Morgan fingerprint density at radius 2 is 1.74 bits per heavy atom. The lowest BCUT2D eigenvalue weighted by Gasteiger charge is -2.26. The SMILES string of the molecule is O=C(NC[C@H]1CC[C@H](C(=O)O)CC1)c1c(C#CC2(O)CCCCC2)nc(Cl)n1Cc1ccc(C(F)(F)F)cc1. The maximum atomic E-state index is 13.4. The molecule has 0 unspecified atom stereocenters. The fourth-order valence-electron chi connectivity index (χ4n) is 5.24. The second-order valence-electron chi connectivity index (χ2n) is 10.5. The molecule has 210 valence electrons. The predicted octanol–water partition coefficient (Wildman–Crippen LogP) is 5.27. The zero-order valence-corrected chi connectivity index (χ0v) is 22.1. The Labute approximate surface area is 229 Å². The number of imidazole rings is 1. The van der Waals surface area contributed by atoms with E-state index >= 15 is 0 Å². The Morgan fingerprint density at radius 1 is 1.10 bits per heavy atom. The molecule has 0 bridgehead atoms. The van der Waals surface area contributed by atoms with Gasteiger partial charge in [-0.25, -0.2) is 4.98 Å². The topological polar surface area (TPSA) is 104 Å². The molecule has 7 nitrogen and oxygen atoms in total. The standard InChI is InChI=1S/C28H31ClF3N3O4/c29-26-34-22(12-15-27(39)13-2-1-3-14-27)23(24(36)33-16-18-4-8-20(9-5-18)25(37)38)35(26)17-19-6-10-21(11-7-19)28(30,31)32/h6-7,10-11,18,20,39H,1-5,8-9,13-14,16-17H2,(H,33,36)(H,37,38)/t18-,20-. The molecule has 0 saturated heterocycles. The van der Waals surface area contributed by atoms with Crippen LogP contribution in [0, 0.1) is 23.7 Å². The van der Waals surface area contributed by atoms with E-state index < -0.39 is 29.2 Å². The molecule has 0 spiro atoms. The highest BCUT2D eigenvalue weighted by Crippen LogP contribution is 2.31. The first kappa shape index (κ1) is 29.0. The molecule has 1 heterocycles. The van der Waals surface area contributed by atoms with Gasteiger partial charge in [0.2, 0.25) is 5.28 Å². The number of hydrogen-bond donors (Lipinski definition) is 3. The van der Waals surface area contributed by atoms with Crippen LogP contribution in [0.3, 0.4) is 0 Å². The number of aromatic nitrogens is 2. The number of aliphatic carboxylic acids is 1. The van der Waals surface area contributed by atoms with Gasteiger partial charge in [-0.1, -0.05) is 24.5 Å². The Morgan fingerprint density at radius 3 is 2.33 bits per heavy atom. The van der Waals surface area contributed by atoms with Gasteiger partial charge < -0.3 is 20.1 Å². The average molecular weight is 566 g/mol. The van der Waals surface area contributed by atoms with E-state index in [1.807, 2.05) is 0 Å². The van der Waals surface area contributed by atoms with Gasteiger partial charge in [0, 0.05) is 6.54 Å². The van der Waals surface area contributed by atoms with Gasteiger partial charge in [-0.15, -0.1) is 0 Å². The normalized spacial score (nSPS) is 21.1. The zero-order valence-electron chi connectivity index (χ0n) is 21.4. The minimum Gasteiger partial charge on any atom is -0.481 e. The molecule has 2 fully saturated rings. The Balaban J connectivity index is 1.58. The molecule has 2 aromatic rings. The van der Waals surface area contributed by atoms with Crippen LogP contribution < -0.4 is 5.32 Å². The van der Waals surface area contributed by atoms with Crippen molar-refractivity contribution in [2.24, 2.45) is 11.8 Å². The molecule has 3 N–H and O–H groups in total. The largest absolute Gasteiger partial charge is 0.481 e. The van der Waals surface area contributed by atoms with Gasteiger partial charge in [0.15, 0.2) is 0 Å². The van der Waals surface area contributed by atoms with Gasteiger partial charge in [-0.05, 0) is 92.5 Å². The number of hydrogen-bond acceptors (Lipinski definition) is 4. The van der Waals surface area contributed by atoms with E-state index in [0.717, 1.165) is 31.4 Å². The Bertz CT molecular complexity index is 1250. The monoisotopic (exact) mass is 565 g/mol. The van der Waals surface area contributed by atoms with E-state index in [4.69, 9.17) is 11.6 Å². The summed E-state index contributed by atoms with van der Waals surface area (Å²) in [6, 6.07) is 4.56. The fraction of sp³-hybridized carbons (Fsp3) is 0.536. The number of aliphatic hydroxyl groups is 1. The maximum absolute atomic E-state index is 13.4. The molecule has 2 saturated carbocycles. The number of carboxylic acid groups (broad SMARTS) is 1. The molecular formula is C28H31ClF3N3O4. The van der Waals surface area contributed by atoms with Crippen molar-refractivity contribution in [1.29, 1.82) is 0 Å². The zero-order chi connectivity index (χ0) is 28.2. The number of nitrogens with zero attached hydrogens (tertiary/aromatic N) is 2. The van der Waals surface area contributed by atoms with Crippen molar-refractivity contribution in [3.63, 3.8) is 0 Å². The minimum atomic E-state index is -4.47. The second kappa shape index (κ2) is 12.0. The lowest BCUT2D eigenvalue weighted by Crippen LogP contribution is -2.34. The number of carboxylic acids is 1. The molecule has 11 heteroatoms. The van der Waals surface area contributed by atoms with Crippen molar-refractivity contribution in [1.82, 2.24) is 14.9 Å². The number of benzene rings is 1. The van der Waals surface area contributed by atoms with Crippen LogP contribution in [0.1, 0.15) is 85.1 Å². The van der Waals surface area contributed by atoms with Crippen LogP contribution >= 0.6 is 11.6 Å². The summed E-state index contributed by atoms with van der Waals surface area (Å²) in [6.45, 7) is 0.313. The lowest BCUT2D eigenvalue weighted by molar-refractivity contribution is -0.143. The molecule has 2 aliphatic rings. The fourth-order valence-corrected chi connectivity index (χ4v) is 5.47. The van der Waals surface area contributed by atoms with Crippen LogP contribution in [0.25, 0.3) is 0 Å². The summed E-state index contributed by atoms with van der Waals surface area (Å²) in [5.41, 5.74) is -1.35. The summed E-state index contributed by atoms with van der Waals surface area (Å²) < 4.78 is 40.4. The molecule has 1 aromatic heterocycles. The third-order valence-corrected chi connectivity index (χ3v) is 7.89. The second-order valence-corrected chi connectivity index (χ2v) is 10.8. The van der Waals surface area contributed by atoms with E-state index in [1.165, 1.54) is 16.7 Å². The van der Waals surface area contributed by atoms with E-state index in [0.29, 0.717) is 50.6 Å². The van der Waals surface area contributed by atoms with Crippen LogP contribution in [-0.4, -0.2) is 43.8 Å². The highest BCUT2D eigenvalue weighted by molar-refractivity contribution is 6.29. The summed E-state index contributed by atoms with van der Waals surface area (Å²) in [5.74, 6) is 4.16. The molecule has 2 aliphatic carbocycles. The third kappa shape index (κ3) is 7.34. The molecule has 0 atom stereocenters. The molecular weight excluding hydrogens is 535 g/mol. The van der Waals surface area contributed by atoms with Crippen LogP contribution in [0.4, 0.5) is 13.2 Å². The Kier molecular flexibility index (Phi) is 8.92. The molecule has 39 heavy (non-hydrogen) atoms. The van der Waals surface area contributed by atoms with Crippen LogP contribution in [0.5, 0.6) is 0 Å². The van der Waals surface area contributed by atoms with Gasteiger partial charge in [-0.2, -0.15) is 13.2 Å². The van der Waals surface area contributed by atoms with E-state index in [2.05, 4.69) is 22.1 Å². The first-order chi connectivity index (χ1) is 18.4. The third-order valence-electron chi connectivity index (χ3n) is 7.60. The number of rotatable bonds is 6. The Hall–Kier alpha value is -3.03. The van der Waals surface area contributed by atoms with Crippen LogP contribution in [-0.2, 0) is 17.5 Å². The highest BCUT2D eigenvalue weighted by atomic mass is 35.5. The van der Waals surface area contributed by atoms with Crippen LogP contribution in [0.15, 0.2) is 24.3 Å². The van der Waals surface area contributed by atoms with Crippen molar-refractivity contribution in [3.05, 3.63) is 52.1 Å². The molecule has 0 aliphatic heterocycles. The molecule has 4 rings (SSSR count). The van der Waals surface area contributed by atoms with E-state index in [9.17, 15) is 33.0 Å². The molecule has 1 amide bonds. The summed E-state index contributed by atoms with van der Waals surface area (Å²) in [6.07, 6.45) is 1.68. The summed E-state index contributed by atoms with van der Waals surface area (Å²) >= 11 is 6.40. The van der Waals surface area contributed by atoms with Gasteiger partial charge in [-0.3, -0.25) is 9.59 Å². The van der Waals surface area contributed by atoms with E-state index in [-0.39, 0.29) is 35.1 Å². The number of carbonyl (C=O) groups is 2. The summed E-state index contributed by atoms with van der Waals surface area (Å²) in [7, 11) is 0. The quantitative estimate of drug-likeness (QED) is 0.414. The maximum Gasteiger partial charge on any atom is 0.416 e. The van der Waals surface area contributed by atoms with Crippen molar-refractivity contribution >= 4 is 23.5 Å². The predicted molar refractivity (Wildman–Crippen MR) is 138 cm³/mol. The first-order valence-electron chi connectivity index (χ1n) is 13.1. The lowest BCUT2D eigenvalue weighted by atomic mass is 9.82.